The van der Waals surface area contributed by atoms with Gasteiger partial charge in [-0.25, -0.2) is 0 Å². The van der Waals surface area contributed by atoms with Crippen LogP contribution < -0.4 is 5.32 Å². The first-order valence-electron chi connectivity index (χ1n) is 4.90. The van der Waals surface area contributed by atoms with Crippen molar-refractivity contribution in [2.45, 2.75) is 0 Å². The van der Waals surface area contributed by atoms with Crippen LogP contribution in [-0.4, -0.2) is 28.3 Å². The van der Waals surface area contributed by atoms with Crippen LogP contribution in [0.4, 0.5) is 5.69 Å². The molecule has 1 aliphatic heterocycles. The van der Waals surface area contributed by atoms with Crippen molar-refractivity contribution in [1.82, 2.24) is 5.32 Å². The number of hydrogen-bond donors (Lipinski definition) is 1. The normalized spacial score (nSPS) is 14.2. The third-order valence-electron chi connectivity index (χ3n) is 2.15. The van der Waals surface area contributed by atoms with E-state index in [1.54, 1.807) is 6.07 Å². The lowest BCUT2D eigenvalue weighted by molar-refractivity contribution is -0.385. The number of hydrogen-bond acceptors (Lipinski definition) is 5. The molecule has 2 rings (SSSR count). The van der Waals surface area contributed by atoms with Gasteiger partial charge in [-0.15, -0.1) is 0 Å². The number of benzene rings is 1. The Balaban J connectivity index is 2.21. The second-order valence-corrected chi connectivity index (χ2v) is 4.35. The molecule has 0 atom stereocenters. The zero-order valence-corrected chi connectivity index (χ0v) is 9.57. The van der Waals surface area contributed by atoms with Gasteiger partial charge in [-0.2, -0.15) is 0 Å². The van der Waals surface area contributed by atoms with E-state index >= 15 is 0 Å². The number of nitro groups is 1. The first kappa shape index (κ1) is 11.6. The van der Waals surface area contributed by atoms with Crippen molar-refractivity contribution >= 4 is 28.5 Å². The minimum atomic E-state index is -0.571. The topological polar surface area (TPSA) is 84.6 Å². The van der Waals surface area contributed by atoms with Crippen LogP contribution in [0.5, 0.6) is 0 Å². The number of para-hydroxylation sites is 1. The number of nitrogens with one attached hydrogen (secondary N) is 1. The van der Waals surface area contributed by atoms with Gasteiger partial charge in [-0.05, 0) is 6.07 Å². The minimum Gasteiger partial charge on any atom is -0.301 e. The lowest BCUT2D eigenvalue weighted by atomic mass is 10.1. The molecule has 0 saturated carbocycles. The van der Waals surface area contributed by atoms with Crippen LogP contribution in [0.1, 0.15) is 10.4 Å². The highest BCUT2D eigenvalue weighted by atomic mass is 32.2. The number of carbonyl (C=O) groups is 1. The summed E-state index contributed by atoms with van der Waals surface area (Å²) in [4.78, 5) is 26.1. The molecule has 88 valence electrons. The SMILES string of the molecule is O=C(NC1=NCCS1)c1ccccc1[N+](=O)[O-]. The molecule has 0 saturated heterocycles. The van der Waals surface area contributed by atoms with Crippen molar-refractivity contribution in [1.29, 1.82) is 0 Å². The summed E-state index contributed by atoms with van der Waals surface area (Å²) in [6.45, 7) is 0.664. The summed E-state index contributed by atoms with van der Waals surface area (Å²) in [7, 11) is 0. The van der Waals surface area contributed by atoms with E-state index in [1.165, 1.54) is 30.0 Å². The summed E-state index contributed by atoms with van der Waals surface area (Å²) >= 11 is 1.43. The van der Waals surface area contributed by atoms with Crippen molar-refractivity contribution in [3.05, 3.63) is 39.9 Å². The summed E-state index contributed by atoms with van der Waals surface area (Å²) in [5.41, 5.74) is -0.152. The smallest absolute Gasteiger partial charge is 0.282 e. The van der Waals surface area contributed by atoms with E-state index in [0.29, 0.717) is 11.7 Å². The van der Waals surface area contributed by atoms with Gasteiger partial charge in [0.1, 0.15) is 5.56 Å². The summed E-state index contributed by atoms with van der Waals surface area (Å²) in [5, 5.41) is 13.8. The Bertz CT molecular complexity index is 501. The summed E-state index contributed by atoms with van der Waals surface area (Å²) in [6.07, 6.45) is 0. The van der Waals surface area contributed by atoms with Crippen molar-refractivity contribution < 1.29 is 9.72 Å². The zero-order chi connectivity index (χ0) is 12.3. The van der Waals surface area contributed by atoms with E-state index in [0.717, 1.165) is 5.75 Å². The molecule has 0 aliphatic carbocycles. The van der Waals surface area contributed by atoms with Gasteiger partial charge in [0.2, 0.25) is 0 Å². The lowest BCUT2D eigenvalue weighted by Crippen LogP contribution is -2.27. The molecular weight excluding hydrogens is 242 g/mol. The molecule has 1 aliphatic rings. The van der Waals surface area contributed by atoms with Crippen molar-refractivity contribution in [2.24, 2.45) is 4.99 Å². The Morgan fingerprint density at radius 3 is 2.88 bits per heavy atom. The Morgan fingerprint density at radius 1 is 1.47 bits per heavy atom. The second kappa shape index (κ2) is 4.96. The van der Waals surface area contributed by atoms with E-state index in [4.69, 9.17) is 0 Å². The van der Waals surface area contributed by atoms with Crippen LogP contribution in [0.3, 0.4) is 0 Å². The van der Waals surface area contributed by atoms with Crippen molar-refractivity contribution in [3.63, 3.8) is 0 Å². The van der Waals surface area contributed by atoms with E-state index in [1.807, 2.05) is 0 Å². The molecule has 1 aromatic rings. The van der Waals surface area contributed by atoms with Crippen molar-refractivity contribution in [3.8, 4) is 0 Å². The van der Waals surface area contributed by atoms with Gasteiger partial charge >= 0.3 is 0 Å². The number of aliphatic imine (C=N–C) groups is 1. The third kappa shape index (κ3) is 2.62. The maximum absolute atomic E-state index is 11.8. The van der Waals surface area contributed by atoms with Gasteiger partial charge in [0.05, 0.1) is 11.5 Å². The lowest BCUT2D eigenvalue weighted by Gasteiger charge is -2.04. The molecule has 7 heteroatoms. The first-order valence-corrected chi connectivity index (χ1v) is 5.89. The number of nitrogens with zero attached hydrogens (tertiary/aromatic N) is 2. The molecule has 0 unspecified atom stereocenters. The number of carbonyl (C=O) groups excluding carboxylic acids is 1. The zero-order valence-electron chi connectivity index (χ0n) is 8.75. The van der Waals surface area contributed by atoms with E-state index < -0.39 is 10.8 Å². The Kier molecular flexibility index (Phi) is 3.38. The van der Waals surface area contributed by atoms with Crippen LogP contribution in [0.2, 0.25) is 0 Å². The number of nitro benzene ring substituents is 1. The molecule has 17 heavy (non-hydrogen) atoms. The molecule has 0 fully saturated rings. The molecule has 1 aromatic carbocycles. The average molecular weight is 251 g/mol. The first-order chi connectivity index (χ1) is 8.18. The van der Waals surface area contributed by atoms with Crippen LogP contribution in [0.25, 0.3) is 0 Å². The monoisotopic (exact) mass is 251 g/mol. The van der Waals surface area contributed by atoms with Gasteiger partial charge in [0.25, 0.3) is 11.6 Å². The molecule has 1 amide bonds. The predicted molar refractivity (Wildman–Crippen MR) is 65.3 cm³/mol. The Morgan fingerprint density at radius 2 is 2.24 bits per heavy atom. The minimum absolute atomic E-state index is 0.0488. The summed E-state index contributed by atoms with van der Waals surface area (Å²) < 4.78 is 0. The standard InChI is InChI=1S/C10H9N3O3S/c14-9(12-10-11-5-6-17-10)7-3-1-2-4-8(7)13(15)16/h1-4H,5-6H2,(H,11,12,14). The van der Waals surface area contributed by atoms with Crippen LogP contribution in [0, 0.1) is 10.1 Å². The molecule has 0 bridgehead atoms. The van der Waals surface area contributed by atoms with Crippen LogP contribution in [-0.2, 0) is 0 Å². The number of thioether (sulfide) groups is 1. The van der Waals surface area contributed by atoms with Gasteiger partial charge in [-0.1, -0.05) is 23.9 Å². The number of amides is 1. The van der Waals surface area contributed by atoms with Gasteiger partial charge in [0, 0.05) is 11.8 Å². The second-order valence-electron chi connectivity index (χ2n) is 3.26. The predicted octanol–water partition coefficient (Wildman–Crippen LogP) is 1.43. The van der Waals surface area contributed by atoms with Crippen LogP contribution >= 0.6 is 11.8 Å². The highest BCUT2D eigenvalue weighted by Gasteiger charge is 2.20. The highest BCUT2D eigenvalue weighted by Crippen LogP contribution is 2.18. The molecular formula is C10H9N3O3S. The molecule has 1 heterocycles. The fourth-order valence-corrected chi connectivity index (χ4v) is 2.12. The Hall–Kier alpha value is -1.89. The number of rotatable bonds is 2. The maximum atomic E-state index is 11.8. The molecule has 0 radical (unpaired) electrons. The van der Waals surface area contributed by atoms with E-state index in [2.05, 4.69) is 10.3 Å². The molecule has 0 spiro atoms. The fraction of sp³-hybridized carbons (Fsp3) is 0.200. The maximum Gasteiger partial charge on any atom is 0.282 e. The molecule has 0 aromatic heterocycles. The van der Waals surface area contributed by atoms with E-state index in [9.17, 15) is 14.9 Å². The average Bonchev–Trinajstić information content (AvgIpc) is 2.81. The van der Waals surface area contributed by atoms with E-state index in [-0.39, 0.29) is 11.3 Å². The summed E-state index contributed by atoms with van der Waals surface area (Å²) in [6, 6.07) is 5.84. The van der Waals surface area contributed by atoms with Crippen molar-refractivity contribution in [2.75, 3.05) is 12.3 Å². The van der Waals surface area contributed by atoms with Gasteiger partial charge in [0.15, 0.2) is 5.17 Å². The largest absolute Gasteiger partial charge is 0.301 e. The van der Waals surface area contributed by atoms with Crippen LogP contribution in [0.15, 0.2) is 29.3 Å². The Labute approximate surface area is 101 Å². The quantitative estimate of drug-likeness (QED) is 0.636. The highest BCUT2D eigenvalue weighted by molar-refractivity contribution is 8.14. The van der Waals surface area contributed by atoms with Gasteiger partial charge < -0.3 is 5.32 Å². The van der Waals surface area contributed by atoms with Gasteiger partial charge in [-0.3, -0.25) is 19.9 Å². The molecule has 1 N–H and O–H groups in total. The number of amidine groups is 1. The fourth-order valence-electron chi connectivity index (χ4n) is 1.40. The summed E-state index contributed by atoms with van der Waals surface area (Å²) in [5.74, 6) is 0.331. The molecule has 6 nitrogen and oxygen atoms in total. The third-order valence-corrected chi connectivity index (χ3v) is 3.04.